The van der Waals surface area contributed by atoms with Crippen molar-refractivity contribution in [2.75, 3.05) is 7.05 Å². The van der Waals surface area contributed by atoms with E-state index in [1.807, 2.05) is 18.0 Å². The summed E-state index contributed by atoms with van der Waals surface area (Å²) >= 11 is 0. The Morgan fingerprint density at radius 1 is 1.18 bits per heavy atom. The predicted molar refractivity (Wildman–Crippen MR) is 125 cm³/mol. The molecule has 3 aliphatic carbocycles. The summed E-state index contributed by atoms with van der Waals surface area (Å²) in [6.07, 6.45) is 13.0. The molecule has 3 fully saturated rings. The second kappa shape index (κ2) is 8.14. The van der Waals surface area contributed by atoms with Gasteiger partial charge in [-0.25, -0.2) is 0 Å². The van der Waals surface area contributed by atoms with E-state index in [0.29, 0.717) is 41.8 Å². The molecule has 0 spiro atoms. The summed E-state index contributed by atoms with van der Waals surface area (Å²) in [6, 6.07) is 5.58. The standard InChI is InChI=1S/C27H37N3O3/c1-26-13-11-22-20(8-10-23-27(22,2)14-12-25(32)29(23)3)21(26)9-7-18(26)16-24(31)28-17-19-6-4-5-15-30(19)33/h4-6,12,14-15,18,20-23H,7-11,13,16-17H2,1-3H3,(H,28,31)/t18-,20?,21?,22?,23?,26-,27-/m1/s1. The Bertz CT molecular complexity index is 977. The topological polar surface area (TPSA) is 76.4 Å². The quantitative estimate of drug-likeness (QED) is 0.562. The van der Waals surface area contributed by atoms with Crippen LogP contribution in [-0.2, 0) is 16.1 Å². The highest BCUT2D eigenvalue weighted by molar-refractivity contribution is 5.89. The molecular weight excluding hydrogens is 414 g/mol. The maximum absolute atomic E-state index is 12.8. The van der Waals surface area contributed by atoms with Crippen molar-refractivity contribution in [1.82, 2.24) is 10.2 Å². The van der Waals surface area contributed by atoms with Gasteiger partial charge in [0.1, 0.15) is 6.54 Å². The number of nitrogens with one attached hydrogen (secondary N) is 1. The van der Waals surface area contributed by atoms with Crippen molar-refractivity contribution in [2.24, 2.45) is 34.5 Å². The number of hydrogen-bond acceptors (Lipinski definition) is 3. The van der Waals surface area contributed by atoms with Crippen LogP contribution in [0.5, 0.6) is 0 Å². The van der Waals surface area contributed by atoms with Crippen LogP contribution in [0.15, 0.2) is 36.5 Å². The fourth-order valence-electron chi connectivity index (χ4n) is 8.27. The molecule has 3 saturated carbocycles. The van der Waals surface area contributed by atoms with Crippen LogP contribution in [0.3, 0.4) is 0 Å². The van der Waals surface area contributed by atoms with Crippen molar-refractivity contribution in [3.05, 3.63) is 47.4 Å². The molecule has 178 valence electrons. The summed E-state index contributed by atoms with van der Waals surface area (Å²) in [6.45, 7) is 5.09. The van der Waals surface area contributed by atoms with E-state index in [2.05, 4.69) is 25.2 Å². The van der Waals surface area contributed by atoms with Crippen LogP contribution in [-0.4, -0.2) is 29.8 Å². The van der Waals surface area contributed by atoms with Gasteiger partial charge >= 0.3 is 0 Å². The van der Waals surface area contributed by atoms with Gasteiger partial charge in [-0.2, -0.15) is 4.73 Å². The fourth-order valence-corrected chi connectivity index (χ4v) is 8.27. The summed E-state index contributed by atoms with van der Waals surface area (Å²) in [5, 5.41) is 14.8. The van der Waals surface area contributed by atoms with Gasteiger partial charge in [0.2, 0.25) is 17.5 Å². The highest BCUT2D eigenvalue weighted by atomic mass is 16.5. The van der Waals surface area contributed by atoms with Gasteiger partial charge in [-0.1, -0.05) is 19.9 Å². The molecule has 0 saturated heterocycles. The zero-order valence-electron chi connectivity index (χ0n) is 20.1. The summed E-state index contributed by atoms with van der Waals surface area (Å²) in [4.78, 5) is 27.1. The zero-order chi connectivity index (χ0) is 23.4. The van der Waals surface area contributed by atoms with E-state index in [-0.39, 0.29) is 29.2 Å². The predicted octanol–water partition coefficient (Wildman–Crippen LogP) is 3.58. The molecule has 0 aromatic carbocycles. The first-order valence-corrected chi connectivity index (χ1v) is 12.6. The van der Waals surface area contributed by atoms with Crippen molar-refractivity contribution in [3.63, 3.8) is 0 Å². The normalized spacial score (nSPS) is 39.5. The number of aromatic nitrogens is 1. The minimum absolute atomic E-state index is 0.0545. The number of amides is 2. The molecule has 1 N–H and O–H groups in total. The van der Waals surface area contributed by atoms with Gasteiger partial charge in [0.05, 0.1) is 0 Å². The van der Waals surface area contributed by atoms with Gasteiger partial charge in [-0.15, -0.1) is 0 Å². The van der Waals surface area contributed by atoms with Gasteiger partial charge in [0, 0.05) is 37.1 Å². The number of pyridine rings is 1. The van der Waals surface area contributed by atoms with Gasteiger partial charge in [0.15, 0.2) is 6.20 Å². The first-order valence-electron chi connectivity index (χ1n) is 12.6. The molecule has 2 amide bonds. The molecular formula is C27H37N3O3. The van der Waals surface area contributed by atoms with Gasteiger partial charge in [-0.3, -0.25) is 9.59 Å². The van der Waals surface area contributed by atoms with Crippen LogP contribution in [0.1, 0.15) is 64.5 Å². The fraction of sp³-hybridized carbons (Fsp3) is 0.667. The minimum atomic E-state index is 0.0545. The average molecular weight is 452 g/mol. The Hall–Kier alpha value is -2.37. The SMILES string of the molecule is CN1C(=O)C=C[C@]2(C)C3CC[C@@]4(C)C(CC[C@@H]4CC(=O)NCc4cccc[n+]4[O-])C3CCC12. The smallest absolute Gasteiger partial charge is 0.246 e. The van der Waals surface area contributed by atoms with Gasteiger partial charge < -0.3 is 15.4 Å². The average Bonchev–Trinajstić information content (AvgIpc) is 3.12. The third-order valence-electron chi connectivity index (χ3n) is 10.1. The maximum Gasteiger partial charge on any atom is 0.246 e. The minimum Gasteiger partial charge on any atom is -0.618 e. The molecule has 4 aliphatic rings. The first-order chi connectivity index (χ1) is 15.7. The Balaban J connectivity index is 1.27. The highest BCUT2D eigenvalue weighted by Gasteiger charge is 2.60. The van der Waals surface area contributed by atoms with E-state index in [1.54, 1.807) is 18.2 Å². The maximum atomic E-state index is 12.8. The summed E-state index contributed by atoms with van der Waals surface area (Å²) in [5.74, 6) is 2.53. The number of fused-ring (bicyclic) bond motifs is 5. The number of carbonyl (C=O) groups is 2. The molecule has 7 atom stereocenters. The zero-order valence-corrected chi connectivity index (χ0v) is 20.1. The molecule has 6 nitrogen and oxygen atoms in total. The van der Waals surface area contributed by atoms with Crippen LogP contribution in [0.2, 0.25) is 0 Å². The molecule has 1 aliphatic heterocycles. The Labute approximate surface area is 197 Å². The van der Waals surface area contributed by atoms with E-state index in [4.69, 9.17) is 0 Å². The molecule has 0 bridgehead atoms. The van der Waals surface area contributed by atoms with E-state index >= 15 is 0 Å². The van der Waals surface area contributed by atoms with Crippen LogP contribution >= 0.6 is 0 Å². The number of rotatable bonds is 4. The summed E-state index contributed by atoms with van der Waals surface area (Å²) in [7, 11) is 1.97. The molecule has 1 aromatic rings. The van der Waals surface area contributed by atoms with Gasteiger partial charge in [-0.05, 0) is 79.8 Å². The number of nitrogens with zero attached hydrogens (tertiary/aromatic N) is 2. The van der Waals surface area contributed by atoms with E-state index in [1.165, 1.54) is 25.5 Å². The van der Waals surface area contributed by atoms with Crippen molar-refractivity contribution in [3.8, 4) is 0 Å². The molecule has 4 unspecified atom stereocenters. The lowest BCUT2D eigenvalue weighted by molar-refractivity contribution is -0.614. The second-order valence-corrected chi connectivity index (χ2v) is 11.4. The third-order valence-corrected chi connectivity index (χ3v) is 10.1. The third kappa shape index (κ3) is 3.57. The van der Waals surface area contributed by atoms with Crippen molar-refractivity contribution >= 4 is 11.8 Å². The Kier molecular flexibility index (Phi) is 5.53. The van der Waals surface area contributed by atoms with Crippen molar-refractivity contribution in [1.29, 1.82) is 0 Å². The molecule has 5 rings (SSSR count). The second-order valence-electron chi connectivity index (χ2n) is 11.4. The van der Waals surface area contributed by atoms with E-state index in [9.17, 15) is 14.8 Å². The Morgan fingerprint density at radius 3 is 2.79 bits per heavy atom. The van der Waals surface area contributed by atoms with Crippen LogP contribution < -0.4 is 10.0 Å². The first kappa shape index (κ1) is 22.4. The monoisotopic (exact) mass is 451 g/mol. The lowest BCUT2D eigenvalue weighted by Gasteiger charge is -2.60. The van der Waals surface area contributed by atoms with Gasteiger partial charge in [0.25, 0.3) is 0 Å². The lowest BCUT2D eigenvalue weighted by Crippen LogP contribution is -2.59. The van der Waals surface area contributed by atoms with Crippen LogP contribution in [0.25, 0.3) is 0 Å². The summed E-state index contributed by atoms with van der Waals surface area (Å²) in [5.41, 5.74) is 0.828. The van der Waals surface area contributed by atoms with Crippen molar-refractivity contribution in [2.45, 2.75) is 71.4 Å². The Morgan fingerprint density at radius 2 is 2.00 bits per heavy atom. The molecule has 1 aromatic heterocycles. The number of carbonyl (C=O) groups excluding carboxylic acids is 2. The number of hydrogen-bond donors (Lipinski definition) is 1. The molecule has 33 heavy (non-hydrogen) atoms. The molecule has 0 radical (unpaired) electrons. The molecule has 6 heteroatoms. The largest absolute Gasteiger partial charge is 0.618 e. The van der Waals surface area contributed by atoms with E-state index in [0.717, 1.165) is 24.0 Å². The van der Waals surface area contributed by atoms with E-state index < -0.39 is 0 Å². The van der Waals surface area contributed by atoms with Crippen LogP contribution in [0, 0.1) is 39.7 Å². The highest BCUT2D eigenvalue weighted by Crippen LogP contribution is 2.65. The van der Waals surface area contributed by atoms with Crippen LogP contribution in [0.4, 0.5) is 0 Å². The molecule has 2 heterocycles. The number of likely N-dealkylation sites (N-methyl/N-ethyl adjacent to an activating group) is 1. The summed E-state index contributed by atoms with van der Waals surface area (Å²) < 4.78 is 0.816. The lowest BCUT2D eigenvalue weighted by atomic mass is 9.47. The van der Waals surface area contributed by atoms with Crippen molar-refractivity contribution < 1.29 is 14.3 Å².